The fraction of sp³-hybridized carbons (Fsp3) is 0.667. The standard InChI is InChI=1S/C16H25N3O2S.C2HF3O2/c1-11-4-5-13(22-11)7-19-8-14-12(10-21-15(14)9-19)6-17-16(20)18(2)3;3-2(4,5)1(6)7/h4-5,12,14-15H,6-10H2,1-3H3,(H,17,20);(H,6,7)/t12-,14-,15-;/m1./s1. The number of carboxylic acid groups (broad SMARTS) is 1. The molecular formula is C18H26F3N3O4S. The number of carboxylic acids is 1. The van der Waals surface area contributed by atoms with Crippen LogP contribution in [0.4, 0.5) is 18.0 Å². The lowest BCUT2D eigenvalue weighted by atomic mass is 9.93. The van der Waals surface area contributed by atoms with Crippen molar-refractivity contribution in [3.63, 3.8) is 0 Å². The van der Waals surface area contributed by atoms with Crippen LogP contribution in [0.25, 0.3) is 0 Å². The number of aliphatic carboxylic acids is 1. The molecule has 0 bridgehead atoms. The van der Waals surface area contributed by atoms with Gasteiger partial charge in [0.25, 0.3) is 0 Å². The third kappa shape index (κ3) is 6.86. The van der Waals surface area contributed by atoms with Crippen molar-refractivity contribution >= 4 is 23.3 Å². The monoisotopic (exact) mass is 437 g/mol. The van der Waals surface area contributed by atoms with E-state index < -0.39 is 12.1 Å². The van der Waals surface area contributed by atoms with Gasteiger partial charge in [-0.15, -0.1) is 11.3 Å². The van der Waals surface area contributed by atoms with Crippen molar-refractivity contribution < 1.29 is 32.6 Å². The van der Waals surface area contributed by atoms with Gasteiger partial charge in [-0.25, -0.2) is 9.59 Å². The van der Waals surface area contributed by atoms with E-state index in [0.29, 0.717) is 24.5 Å². The van der Waals surface area contributed by atoms with Gasteiger partial charge in [0.15, 0.2) is 0 Å². The highest BCUT2D eigenvalue weighted by molar-refractivity contribution is 7.11. The molecule has 7 nitrogen and oxygen atoms in total. The van der Waals surface area contributed by atoms with Crippen LogP contribution < -0.4 is 5.32 Å². The van der Waals surface area contributed by atoms with E-state index in [-0.39, 0.29) is 6.03 Å². The Kier molecular flexibility index (Phi) is 7.89. The first kappa shape index (κ1) is 23.4. The lowest BCUT2D eigenvalue weighted by molar-refractivity contribution is -0.192. The van der Waals surface area contributed by atoms with Crippen LogP contribution in [0.5, 0.6) is 0 Å². The molecule has 2 aliphatic rings. The van der Waals surface area contributed by atoms with Crippen LogP contribution in [0.2, 0.25) is 0 Å². The number of hydrogen-bond acceptors (Lipinski definition) is 5. The zero-order valence-corrected chi connectivity index (χ0v) is 17.3. The summed E-state index contributed by atoms with van der Waals surface area (Å²) in [6.45, 7) is 6.74. The first-order valence-corrected chi connectivity index (χ1v) is 9.93. The third-order valence-electron chi connectivity index (χ3n) is 4.85. The number of carbonyl (C=O) groups excluding carboxylic acids is 1. The molecule has 3 atom stereocenters. The Balaban J connectivity index is 0.000000370. The minimum absolute atomic E-state index is 0.0210. The van der Waals surface area contributed by atoms with Crippen LogP contribution in [-0.4, -0.2) is 79.5 Å². The van der Waals surface area contributed by atoms with Crippen molar-refractivity contribution in [3.8, 4) is 0 Å². The summed E-state index contributed by atoms with van der Waals surface area (Å²) in [5.41, 5.74) is 0. The minimum Gasteiger partial charge on any atom is -0.475 e. The summed E-state index contributed by atoms with van der Waals surface area (Å²) in [6.07, 6.45) is -4.75. The van der Waals surface area contributed by atoms with E-state index in [1.807, 2.05) is 11.3 Å². The van der Waals surface area contributed by atoms with Crippen LogP contribution in [0.3, 0.4) is 0 Å². The van der Waals surface area contributed by atoms with Gasteiger partial charge in [0.2, 0.25) is 0 Å². The number of likely N-dealkylation sites (tertiary alicyclic amines) is 1. The maximum atomic E-state index is 11.7. The molecule has 0 radical (unpaired) electrons. The molecule has 1 aromatic heterocycles. The van der Waals surface area contributed by atoms with Crippen LogP contribution in [0.15, 0.2) is 12.1 Å². The van der Waals surface area contributed by atoms with Crippen LogP contribution in [0, 0.1) is 18.8 Å². The van der Waals surface area contributed by atoms with Crippen LogP contribution >= 0.6 is 11.3 Å². The summed E-state index contributed by atoms with van der Waals surface area (Å²) >= 11 is 1.88. The number of amides is 2. The van der Waals surface area contributed by atoms with Gasteiger partial charge >= 0.3 is 18.2 Å². The average Bonchev–Trinajstić information content (AvgIpc) is 3.29. The lowest BCUT2D eigenvalue weighted by Crippen LogP contribution is -2.39. The van der Waals surface area contributed by atoms with Crippen molar-refractivity contribution in [1.82, 2.24) is 15.1 Å². The number of halogens is 3. The highest BCUT2D eigenvalue weighted by Gasteiger charge is 2.43. The number of carbonyl (C=O) groups is 2. The molecule has 0 aromatic carbocycles. The molecule has 3 rings (SSSR count). The first-order chi connectivity index (χ1) is 13.5. The molecule has 164 valence electrons. The molecule has 2 N–H and O–H groups in total. The van der Waals surface area contributed by atoms with E-state index in [4.69, 9.17) is 14.6 Å². The molecule has 1 aromatic rings. The van der Waals surface area contributed by atoms with E-state index in [2.05, 4.69) is 29.3 Å². The van der Waals surface area contributed by atoms with Crippen molar-refractivity contribution in [2.45, 2.75) is 25.7 Å². The van der Waals surface area contributed by atoms with E-state index >= 15 is 0 Å². The Morgan fingerprint density at radius 3 is 2.52 bits per heavy atom. The third-order valence-corrected chi connectivity index (χ3v) is 5.84. The predicted octanol–water partition coefficient (Wildman–Crippen LogP) is 2.41. The normalized spacial score (nSPS) is 23.9. The van der Waals surface area contributed by atoms with Gasteiger partial charge in [-0.3, -0.25) is 4.90 Å². The summed E-state index contributed by atoms with van der Waals surface area (Å²) < 4.78 is 37.7. The molecule has 2 amide bonds. The number of thiophene rings is 1. The van der Waals surface area contributed by atoms with Gasteiger partial charge < -0.3 is 20.1 Å². The summed E-state index contributed by atoms with van der Waals surface area (Å²) in [6, 6.07) is 4.39. The Morgan fingerprint density at radius 2 is 2.00 bits per heavy atom. The summed E-state index contributed by atoms with van der Waals surface area (Å²) in [5.74, 6) is -1.78. The molecule has 29 heavy (non-hydrogen) atoms. The second-order valence-electron chi connectivity index (χ2n) is 7.39. The van der Waals surface area contributed by atoms with E-state index in [0.717, 1.165) is 26.2 Å². The number of nitrogens with one attached hydrogen (secondary N) is 1. The van der Waals surface area contributed by atoms with Gasteiger partial charge in [0, 0.05) is 61.9 Å². The fourth-order valence-corrected chi connectivity index (χ4v) is 4.32. The maximum Gasteiger partial charge on any atom is 0.490 e. The van der Waals surface area contributed by atoms with Crippen LogP contribution in [-0.2, 0) is 16.1 Å². The second-order valence-corrected chi connectivity index (χ2v) is 8.76. The Hall–Kier alpha value is -1.85. The second kappa shape index (κ2) is 9.77. The molecule has 0 spiro atoms. The largest absolute Gasteiger partial charge is 0.490 e. The van der Waals surface area contributed by atoms with E-state index in [1.54, 1.807) is 19.0 Å². The highest BCUT2D eigenvalue weighted by Crippen LogP contribution is 2.34. The average molecular weight is 437 g/mol. The number of nitrogens with zero attached hydrogens (tertiary/aromatic N) is 2. The number of urea groups is 1. The SMILES string of the molecule is Cc1ccc(CN2C[C@@H]3[C@H](CNC(=O)N(C)C)CO[C@@H]3C2)s1.O=C(O)C(F)(F)F. The molecule has 3 heterocycles. The van der Waals surface area contributed by atoms with Crippen molar-refractivity contribution in [1.29, 1.82) is 0 Å². The number of fused-ring (bicyclic) bond motifs is 1. The topological polar surface area (TPSA) is 82.1 Å². The zero-order chi connectivity index (χ0) is 21.8. The Morgan fingerprint density at radius 1 is 1.34 bits per heavy atom. The number of rotatable bonds is 4. The molecule has 2 saturated heterocycles. The van der Waals surface area contributed by atoms with Gasteiger partial charge in [-0.2, -0.15) is 13.2 Å². The Labute approximate surface area is 171 Å². The lowest BCUT2D eigenvalue weighted by Gasteiger charge is -2.20. The van der Waals surface area contributed by atoms with E-state index in [1.165, 1.54) is 9.75 Å². The van der Waals surface area contributed by atoms with Crippen molar-refractivity contribution in [2.75, 3.05) is 40.3 Å². The predicted molar refractivity (Wildman–Crippen MR) is 102 cm³/mol. The molecular weight excluding hydrogens is 411 g/mol. The van der Waals surface area contributed by atoms with Crippen molar-refractivity contribution in [2.24, 2.45) is 11.8 Å². The molecule has 2 aliphatic heterocycles. The number of aryl methyl sites for hydroxylation is 1. The molecule has 0 aliphatic carbocycles. The molecule has 2 fully saturated rings. The number of alkyl halides is 3. The fourth-order valence-electron chi connectivity index (χ4n) is 3.39. The van der Waals surface area contributed by atoms with Crippen LogP contribution in [0.1, 0.15) is 9.75 Å². The minimum atomic E-state index is -5.08. The number of ether oxygens (including phenoxy) is 1. The summed E-state index contributed by atoms with van der Waals surface area (Å²) in [7, 11) is 3.53. The van der Waals surface area contributed by atoms with Gasteiger partial charge in [-0.1, -0.05) is 0 Å². The first-order valence-electron chi connectivity index (χ1n) is 9.12. The van der Waals surface area contributed by atoms with Crippen molar-refractivity contribution in [3.05, 3.63) is 21.9 Å². The van der Waals surface area contributed by atoms with Gasteiger partial charge in [-0.05, 0) is 19.1 Å². The maximum absolute atomic E-state index is 11.7. The highest BCUT2D eigenvalue weighted by atomic mass is 32.1. The smallest absolute Gasteiger partial charge is 0.475 e. The quantitative estimate of drug-likeness (QED) is 0.756. The van der Waals surface area contributed by atoms with Gasteiger partial charge in [0.1, 0.15) is 0 Å². The van der Waals surface area contributed by atoms with E-state index in [9.17, 15) is 18.0 Å². The molecule has 0 saturated carbocycles. The van der Waals surface area contributed by atoms with Gasteiger partial charge in [0.05, 0.1) is 12.7 Å². The summed E-state index contributed by atoms with van der Waals surface area (Å²) in [4.78, 5) is 27.4. The zero-order valence-electron chi connectivity index (χ0n) is 16.5. The summed E-state index contributed by atoms with van der Waals surface area (Å²) in [5, 5.41) is 10.1. The molecule has 0 unspecified atom stereocenters. The molecule has 11 heteroatoms. The number of hydrogen-bond donors (Lipinski definition) is 2. The Bertz CT molecular complexity index is 711.